The molecule has 130 valence electrons. The average Bonchev–Trinajstić information content (AvgIpc) is 3.13. The molecule has 0 aliphatic heterocycles. The molecular weight excluding hydrogens is 399 g/mol. The van der Waals surface area contributed by atoms with E-state index in [0.29, 0.717) is 0 Å². The zero-order chi connectivity index (χ0) is 16.7. The molecule has 0 spiro atoms. The smallest absolute Gasteiger partial charge is 0.0771 e. The molecule has 4 aromatic rings. The molecule has 4 aromatic carbocycles. The number of fused-ring (bicyclic) bond motifs is 3. The second-order valence-corrected chi connectivity index (χ2v) is 12.5. The van der Waals surface area contributed by atoms with E-state index >= 15 is 0 Å². The van der Waals surface area contributed by atoms with Crippen molar-refractivity contribution < 1.29 is 44.0 Å². The molecule has 0 saturated carbocycles. The summed E-state index contributed by atoms with van der Waals surface area (Å²) in [5.74, 6) is 0. The average molecular weight is 421 g/mol. The molecule has 0 fully saturated rings. The van der Waals surface area contributed by atoms with Crippen molar-refractivity contribution in [1.82, 2.24) is 0 Å². The van der Waals surface area contributed by atoms with Gasteiger partial charge in [0.2, 0.25) is 0 Å². The summed E-state index contributed by atoms with van der Waals surface area (Å²) in [6.07, 6.45) is 0.120. The fourth-order valence-electron chi connectivity index (χ4n) is 2.37. The number of hydrogen-bond donors (Lipinski definition) is 0. The molecule has 25 heavy (non-hydrogen) atoms. The normalized spacial score (nSPS) is 9.00. The van der Waals surface area contributed by atoms with E-state index in [9.17, 15) is 0 Å². The first kappa shape index (κ1) is 24.2. The van der Waals surface area contributed by atoms with E-state index in [4.69, 9.17) is 0 Å². The van der Waals surface area contributed by atoms with Crippen molar-refractivity contribution in [3.63, 3.8) is 0 Å². The molecule has 0 amide bonds. The van der Waals surface area contributed by atoms with Gasteiger partial charge >= 0.3 is 38.5 Å². The van der Waals surface area contributed by atoms with Gasteiger partial charge in [0.25, 0.3) is 0 Å². The Hall–Kier alpha value is -0.829. The summed E-state index contributed by atoms with van der Waals surface area (Å²) in [5, 5.41) is 5.39. The molecule has 0 aromatic heterocycles. The second-order valence-electron chi connectivity index (χ2n) is 5.78. The van der Waals surface area contributed by atoms with Crippen LogP contribution in [0.5, 0.6) is 0 Å². The Labute approximate surface area is 175 Å². The van der Waals surface area contributed by atoms with Crippen LogP contribution in [0.1, 0.15) is 5.56 Å². The molecule has 0 heterocycles. The van der Waals surface area contributed by atoms with Crippen molar-refractivity contribution in [1.29, 1.82) is 0 Å². The predicted molar refractivity (Wildman–Crippen MR) is 101 cm³/mol. The third-order valence-electron chi connectivity index (χ3n) is 3.35. The first-order valence-corrected chi connectivity index (χ1v) is 12.7. The minimum atomic E-state index is 0. The van der Waals surface area contributed by atoms with Gasteiger partial charge in [-0.25, -0.2) is 11.6 Å². The van der Waals surface area contributed by atoms with Crippen molar-refractivity contribution >= 4 is 27.7 Å². The van der Waals surface area contributed by atoms with Gasteiger partial charge < -0.3 is 24.8 Å². The van der Waals surface area contributed by atoms with Crippen molar-refractivity contribution in [3.8, 4) is 0 Å². The summed E-state index contributed by atoms with van der Waals surface area (Å²) < 4.78 is 0. The predicted octanol–water partition coefficient (Wildman–Crippen LogP) is 0.218. The molecule has 0 N–H and O–H groups in total. The van der Waals surface area contributed by atoms with Crippen LogP contribution in [0, 0.1) is 6.92 Å². The van der Waals surface area contributed by atoms with Crippen molar-refractivity contribution in [2.24, 2.45) is 0 Å². The molecule has 0 aliphatic carbocycles. The summed E-state index contributed by atoms with van der Waals surface area (Å²) >= 11 is 2.27. The van der Waals surface area contributed by atoms with Gasteiger partial charge in [-0.3, -0.25) is 0 Å². The van der Waals surface area contributed by atoms with E-state index in [0.717, 1.165) is 0 Å². The van der Waals surface area contributed by atoms with Gasteiger partial charge in [-0.2, -0.15) is 18.2 Å². The number of aryl methyl sites for hydroxylation is 1. The van der Waals surface area contributed by atoms with Crippen molar-refractivity contribution in [2.75, 3.05) is 0 Å². The van der Waals surface area contributed by atoms with Crippen LogP contribution >= 0.6 is 0 Å². The second kappa shape index (κ2) is 12.5. The van der Waals surface area contributed by atoms with Crippen molar-refractivity contribution in [3.05, 3.63) is 84.4 Å². The minimum absolute atomic E-state index is 0. The van der Waals surface area contributed by atoms with Gasteiger partial charge in [0, 0.05) is 0 Å². The maximum atomic E-state index is 2.27. The van der Waals surface area contributed by atoms with Gasteiger partial charge in [-0.05, 0) is 0 Å². The number of hydrogen-bond acceptors (Lipinski definition) is 0. The zero-order valence-electron chi connectivity index (χ0n) is 14.8. The number of rotatable bonds is 0. The Balaban J connectivity index is 0.000000410. The van der Waals surface area contributed by atoms with Gasteiger partial charge in [0.1, 0.15) is 0 Å². The van der Waals surface area contributed by atoms with E-state index in [-0.39, 0.29) is 31.0 Å². The van der Waals surface area contributed by atoms with Crippen LogP contribution in [-0.2, 0) is 19.2 Å². The van der Waals surface area contributed by atoms with Crippen LogP contribution in [0.3, 0.4) is 0 Å². The Morgan fingerprint density at radius 3 is 1.56 bits per heavy atom. The van der Waals surface area contributed by atoms with Crippen LogP contribution in [0.15, 0.2) is 78.9 Å². The minimum Gasteiger partial charge on any atom is -1.00 e. The number of halogens is 2. The van der Waals surface area contributed by atoms with E-state index in [1.54, 1.807) is 0 Å². The third-order valence-corrected chi connectivity index (χ3v) is 3.35. The topological polar surface area (TPSA) is 0 Å². The fraction of sp³-hybridized carbons (Fsp3) is 0.143. The molecule has 0 aliphatic rings. The van der Waals surface area contributed by atoms with E-state index in [1.165, 1.54) is 27.1 Å². The summed E-state index contributed by atoms with van der Waals surface area (Å²) in [5.41, 5.74) is 1.34. The molecular formula is C21H22Cl2SiTi-2. The molecule has 0 radical (unpaired) electrons. The van der Waals surface area contributed by atoms with Crippen LogP contribution in [-0.4, -0.2) is 6.19 Å². The summed E-state index contributed by atoms with van der Waals surface area (Å²) in [7, 11) is 0. The zero-order valence-corrected chi connectivity index (χ0v) is 18.8. The van der Waals surface area contributed by atoms with Crippen LogP contribution in [0.2, 0.25) is 13.1 Å². The van der Waals surface area contributed by atoms with Crippen LogP contribution in [0.4, 0.5) is 0 Å². The molecule has 0 atom stereocenters. The molecule has 0 bridgehead atoms. The molecule has 0 unspecified atom stereocenters. The van der Waals surface area contributed by atoms with Crippen LogP contribution < -0.4 is 24.8 Å². The van der Waals surface area contributed by atoms with Gasteiger partial charge in [-0.15, -0.1) is 39.7 Å². The summed E-state index contributed by atoms with van der Waals surface area (Å²) in [6.45, 7) is 6.62. The Bertz CT molecular complexity index is 825. The first-order chi connectivity index (χ1) is 11.1. The van der Waals surface area contributed by atoms with E-state index in [2.05, 4.69) is 106 Å². The van der Waals surface area contributed by atoms with Gasteiger partial charge in [0.15, 0.2) is 0 Å². The maximum Gasteiger partial charge on any atom is -0.0771 e. The standard InChI is InChI=1S/C13H9.C6H7.C2H6Si.2ClH.Ti/c1-3-7-12-10(5-1)9-11-6-2-4-8-13(11)12;1-6-4-2-3-5-6;1-3-2;;;/h1-9H;2-5H,1H3;1-2H3;2*1H;/q2*-1;;;;+2/p-2. The number of benzene rings is 2. The van der Waals surface area contributed by atoms with Crippen LogP contribution in [0.25, 0.3) is 21.5 Å². The molecule has 4 heteroatoms. The Morgan fingerprint density at radius 1 is 0.800 bits per heavy atom. The van der Waals surface area contributed by atoms with Gasteiger partial charge in [0.05, 0.1) is 0 Å². The maximum absolute atomic E-state index is 2.27. The first-order valence-electron chi connectivity index (χ1n) is 7.81. The third kappa shape index (κ3) is 7.94. The summed E-state index contributed by atoms with van der Waals surface area (Å²) in [6, 6.07) is 27.5. The Morgan fingerprint density at radius 2 is 1.24 bits per heavy atom. The molecule has 0 saturated heterocycles. The van der Waals surface area contributed by atoms with Crippen molar-refractivity contribution in [2.45, 2.75) is 20.0 Å². The Kier molecular flexibility index (Phi) is 12.1. The SMILES string of the molecule is C[Si](C)=[Ti+2].Cc1cc[cH-]c1.[Cl-].[Cl-].c1ccc2c(c1)[cH-]c1ccccc12. The monoisotopic (exact) mass is 420 g/mol. The molecule has 0 nitrogen and oxygen atoms in total. The quantitative estimate of drug-likeness (QED) is 0.282. The van der Waals surface area contributed by atoms with Gasteiger partial charge in [-0.1, -0.05) is 43.3 Å². The van der Waals surface area contributed by atoms with E-state index in [1.807, 2.05) is 12.1 Å². The van der Waals surface area contributed by atoms with E-state index < -0.39 is 0 Å². The largest absolute Gasteiger partial charge is 1.00 e. The summed E-state index contributed by atoms with van der Waals surface area (Å²) in [4.78, 5) is 0. The fourth-order valence-corrected chi connectivity index (χ4v) is 2.37. The molecule has 4 rings (SSSR count).